The van der Waals surface area contributed by atoms with Crippen molar-refractivity contribution in [1.82, 2.24) is 10.3 Å². The molecule has 16 heavy (non-hydrogen) atoms. The molecule has 0 aliphatic carbocycles. The zero-order valence-electron chi connectivity index (χ0n) is 10.1. The molecule has 0 aromatic carbocycles. The molecule has 1 aromatic rings. The van der Waals surface area contributed by atoms with Crippen molar-refractivity contribution in [2.45, 2.75) is 38.6 Å². The summed E-state index contributed by atoms with van der Waals surface area (Å²) >= 11 is 0. The van der Waals surface area contributed by atoms with Gasteiger partial charge in [0.05, 0.1) is 5.69 Å². The number of nitrogens with one attached hydrogen (secondary N) is 1. The van der Waals surface area contributed by atoms with Crippen LogP contribution in [0.2, 0.25) is 0 Å². The molecule has 0 radical (unpaired) electrons. The fourth-order valence-electron chi connectivity index (χ4n) is 1.14. The topological polar surface area (TPSA) is 72.2 Å². The smallest absolute Gasteiger partial charge is 0.181 e. The molecule has 92 valence electrons. The van der Waals surface area contributed by atoms with E-state index in [4.69, 9.17) is 4.42 Å². The molecule has 1 aromatic heterocycles. The predicted molar refractivity (Wildman–Crippen MR) is 61.6 cm³/mol. The van der Waals surface area contributed by atoms with E-state index in [1.54, 1.807) is 0 Å². The summed E-state index contributed by atoms with van der Waals surface area (Å²) in [6.45, 7) is 6.60. The standard InChI is InChI=1S/C10H18N2O3S/c1-10(2,3)12-5-8-9(15-7-11-8)6-16(4,13)14/h7,12H,5-6H2,1-4H3. The van der Waals surface area contributed by atoms with Crippen LogP contribution in [0, 0.1) is 0 Å². The van der Waals surface area contributed by atoms with Gasteiger partial charge in [-0.2, -0.15) is 0 Å². The maximum Gasteiger partial charge on any atom is 0.181 e. The summed E-state index contributed by atoms with van der Waals surface area (Å²) in [6, 6.07) is 0. The SMILES string of the molecule is CC(C)(C)NCc1ncoc1CS(C)(=O)=O. The molecule has 6 heteroatoms. The molecule has 0 saturated heterocycles. The molecule has 0 fully saturated rings. The number of rotatable bonds is 4. The summed E-state index contributed by atoms with van der Waals surface area (Å²) in [7, 11) is -3.08. The van der Waals surface area contributed by atoms with Gasteiger partial charge in [0.15, 0.2) is 16.2 Å². The van der Waals surface area contributed by atoms with Gasteiger partial charge in [-0.3, -0.25) is 0 Å². The van der Waals surface area contributed by atoms with E-state index in [2.05, 4.69) is 10.3 Å². The molecule has 0 atom stereocenters. The Morgan fingerprint density at radius 1 is 1.44 bits per heavy atom. The highest BCUT2D eigenvalue weighted by Crippen LogP contribution is 2.11. The fourth-order valence-corrected chi connectivity index (χ4v) is 1.85. The molecular formula is C10H18N2O3S. The first-order chi connectivity index (χ1) is 7.17. The molecule has 5 nitrogen and oxygen atoms in total. The second kappa shape index (κ2) is 4.55. The summed E-state index contributed by atoms with van der Waals surface area (Å²) in [4.78, 5) is 4.01. The number of hydrogen-bond acceptors (Lipinski definition) is 5. The third kappa shape index (κ3) is 4.76. The second-order valence-electron chi connectivity index (χ2n) is 4.90. The lowest BCUT2D eigenvalue weighted by Gasteiger charge is -2.19. The monoisotopic (exact) mass is 246 g/mol. The lowest BCUT2D eigenvalue weighted by atomic mass is 10.1. The van der Waals surface area contributed by atoms with Crippen molar-refractivity contribution in [3.8, 4) is 0 Å². The van der Waals surface area contributed by atoms with Crippen LogP contribution in [0.15, 0.2) is 10.8 Å². The molecule has 0 saturated carbocycles. The molecule has 0 amide bonds. The van der Waals surface area contributed by atoms with Crippen LogP contribution in [0.5, 0.6) is 0 Å². The average Bonchev–Trinajstić information content (AvgIpc) is 2.44. The van der Waals surface area contributed by atoms with Crippen molar-refractivity contribution in [1.29, 1.82) is 0 Å². The molecule has 1 heterocycles. The maximum atomic E-state index is 11.1. The van der Waals surface area contributed by atoms with Gasteiger partial charge in [-0.05, 0) is 20.8 Å². The molecule has 0 bridgehead atoms. The Morgan fingerprint density at radius 2 is 2.06 bits per heavy atom. The third-order valence-corrected chi connectivity index (χ3v) is 2.69. The van der Waals surface area contributed by atoms with E-state index >= 15 is 0 Å². The number of nitrogens with zero attached hydrogens (tertiary/aromatic N) is 1. The molecule has 1 N–H and O–H groups in total. The number of aromatic nitrogens is 1. The first-order valence-corrected chi connectivity index (χ1v) is 7.07. The van der Waals surface area contributed by atoms with Crippen molar-refractivity contribution >= 4 is 9.84 Å². The highest BCUT2D eigenvalue weighted by molar-refractivity contribution is 7.89. The summed E-state index contributed by atoms with van der Waals surface area (Å²) in [5, 5.41) is 3.23. The van der Waals surface area contributed by atoms with Gasteiger partial charge in [-0.15, -0.1) is 0 Å². The van der Waals surface area contributed by atoms with E-state index in [1.807, 2.05) is 20.8 Å². The molecular weight excluding hydrogens is 228 g/mol. The number of oxazole rings is 1. The van der Waals surface area contributed by atoms with Crippen LogP contribution in [-0.2, 0) is 22.1 Å². The normalized spacial score (nSPS) is 13.0. The van der Waals surface area contributed by atoms with Crippen LogP contribution in [0.1, 0.15) is 32.2 Å². The summed E-state index contributed by atoms with van der Waals surface area (Å²) < 4.78 is 27.4. The zero-order valence-corrected chi connectivity index (χ0v) is 10.9. The van der Waals surface area contributed by atoms with Gasteiger partial charge in [0, 0.05) is 18.3 Å². The lowest BCUT2D eigenvalue weighted by molar-refractivity contribution is 0.418. The van der Waals surface area contributed by atoms with Gasteiger partial charge in [-0.25, -0.2) is 13.4 Å². The van der Waals surface area contributed by atoms with Crippen LogP contribution in [0.25, 0.3) is 0 Å². The highest BCUT2D eigenvalue weighted by Gasteiger charge is 2.16. The Kier molecular flexibility index (Phi) is 3.75. The van der Waals surface area contributed by atoms with Crippen LogP contribution in [-0.4, -0.2) is 25.2 Å². The van der Waals surface area contributed by atoms with E-state index in [0.29, 0.717) is 18.0 Å². The first-order valence-electron chi connectivity index (χ1n) is 5.01. The minimum atomic E-state index is -3.08. The minimum absolute atomic E-state index is 0.0404. The number of hydrogen-bond donors (Lipinski definition) is 1. The largest absolute Gasteiger partial charge is 0.447 e. The van der Waals surface area contributed by atoms with Crippen molar-refractivity contribution in [2.24, 2.45) is 0 Å². The lowest BCUT2D eigenvalue weighted by Crippen LogP contribution is -2.35. The molecule has 1 rings (SSSR count). The molecule has 0 spiro atoms. The highest BCUT2D eigenvalue weighted by atomic mass is 32.2. The van der Waals surface area contributed by atoms with Crippen molar-refractivity contribution in [2.75, 3.05) is 6.26 Å². The van der Waals surface area contributed by atoms with Gasteiger partial charge in [0.1, 0.15) is 11.5 Å². The number of sulfone groups is 1. The Morgan fingerprint density at radius 3 is 2.56 bits per heavy atom. The van der Waals surface area contributed by atoms with E-state index < -0.39 is 9.84 Å². The molecule has 0 aliphatic rings. The predicted octanol–water partition coefficient (Wildman–Crippen LogP) is 1.11. The Labute approximate surface area is 96.2 Å². The van der Waals surface area contributed by atoms with Crippen LogP contribution < -0.4 is 5.32 Å². The second-order valence-corrected chi connectivity index (χ2v) is 7.04. The third-order valence-electron chi connectivity index (χ3n) is 1.90. The van der Waals surface area contributed by atoms with Gasteiger partial charge in [0.2, 0.25) is 0 Å². The van der Waals surface area contributed by atoms with Gasteiger partial charge >= 0.3 is 0 Å². The minimum Gasteiger partial charge on any atom is -0.447 e. The van der Waals surface area contributed by atoms with Crippen LogP contribution in [0.4, 0.5) is 0 Å². The molecule has 0 unspecified atom stereocenters. The summed E-state index contributed by atoms with van der Waals surface area (Å²) in [6.07, 6.45) is 2.46. The maximum absolute atomic E-state index is 11.1. The zero-order chi connectivity index (χ0) is 12.4. The van der Waals surface area contributed by atoms with E-state index in [9.17, 15) is 8.42 Å². The average molecular weight is 246 g/mol. The van der Waals surface area contributed by atoms with Crippen molar-refractivity contribution < 1.29 is 12.8 Å². The first kappa shape index (κ1) is 13.2. The van der Waals surface area contributed by atoms with E-state index in [-0.39, 0.29) is 11.3 Å². The van der Waals surface area contributed by atoms with E-state index in [1.165, 1.54) is 12.6 Å². The van der Waals surface area contributed by atoms with Gasteiger partial charge in [0.25, 0.3) is 0 Å². The van der Waals surface area contributed by atoms with Crippen molar-refractivity contribution in [3.63, 3.8) is 0 Å². The van der Waals surface area contributed by atoms with Crippen LogP contribution >= 0.6 is 0 Å². The summed E-state index contributed by atoms with van der Waals surface area (Å²) in [5.41, 5.74) is 0.613. The summed E-state index contributed by atoms with van der Waals surface area (Å²) in [5.74, 6) is 0.313. The molecule has 0 aliphatic heterocycles. The van der Waals surface area contributed by atoms with Crippen molar-refractivity contribution in [3.05, 3.63) is 17.8 Å². The Bertz CT molecular complexity index is 443. The quantitative estimate of drug-likeness (QED) is 0.861. The van der Waals surface area contributed by atoms with Crippen LogP contribution in [0.3, 0.4) is 0 Å². The fraction of sp³-hybridized carbons (Fsp3) is 0.700. The van der Waals surface area contributed by atoms with Gasteiger partial charge in [-0.1, -0.05) is 0 Å². The van der Waals surface area contributed by atoms with Gasteiger partial charge < -0.3 is 9.73 Å². The Hall–Kier alpha value is -0.880. The Balaban J connectivity index is 2.72. The van der Waals surface area contributed by atoms with E-state index in [0.717, 1.165) is 0 Å².